The average molecular weight is 458 g/mol. The van der Waals surface area contributed by atoms with Crippen molar-refractivity contribution < 1.29 is 14.6 Å². The minimum atomic E-state index is -0.739. The van der Waals surface area contributed by atoms with E-state index in [0.717, 1.165) is 38.5 Å². The Labute approximate surface area is 187 Å². The third-order valence-electron chi connectivity index (χ3n) is 6.65. The molecule has 0 aromatic heterocycles. The topological polar surface area (TPSA) is 49.8 Å². The highest BCUT2D eigenvalue weighted by Gasteiger charge is 2.55. The molecule has 1 spiro atoms. The Bertz CT molecular complexity index is 735. The van der Waals surface area contributed by atoms with Gasteiger partial charge in [0.15, 0.2) is 6.61 Å². The summed E-state index contributed by atoms with van der Waals surface area (Å²) in [6.07, 6.45) is 10.7. The van der Waals surface area contributed by atoms with Crippen LogP contribution in [0.25, 0.3) is 0 Å². The molecule has 1 amide bonds. The molecular formula is C22H29Cl2NO3S. The van der Waals surface area contributed by atoms with Gasteiger partial charge in [0.25, 0.3) is 5.91 Å². The van der Waals surface area contributed by atoms with Gasteiger partial charge in [0.1, 0.15) is 12.0 Å². The molecule has 2 saturated carbocycles. The van der Waals surface area contributed by atoms with Gasteiger partial charge in [-0.25, -0.2) is 0 Å². The van der Waals surface area contributed by atoms with Gasteiger partial charge >= 0.3 is 0 Å². The van der Waals surface area contributed by atoms with Crippen molar-refractivity contribution in [3.05, 3.63) is 28.2 Å². The summed E-state index contributed by atoms with van der Waals surface area (Å²) >= 11 is 14.0. The Kier molecular flexibility index (Phi) is 6.89. The van der Waals surface area contributed by atoms with Crippen molar-refractivity contribution in [2.45, 2.75) is 80.6 Å². The lowest BCUT2D eigenvalue weighted by molar-refractivity contribution is -0.147. The maximum atomic E-state index is 13.2. The largest absolute Gasteiger partial charge is 0.482 e. The highest BCUT2D eigenvalue weighted by atomic mass is 35.5. The Morgan fingerprint density at radius 3 is 2.52 bits per heavy atom. The van der Waals surface area contributed by atoms with Gasteiger partial charge in [0, 0.05) is 5.02 Å². The first-order chi connectivity index (χ1) is 14.0. The third kappa shape index (κ3) is 4.53. The second-order valence-corrected chi connectivity index (χ2v) is 10.9. The van der Waals surface area contributed by atoms with Gasteiger partial charge in [-0.15, -0.1) is 11.8 Å². The van der Waals surface area contributed by atoms with Crippen LogP contribution in [0.3, 0.4) is 0 Å². The van der Waals surface area contributed by atoms with E-state index in [-0.39, 0.29) is 22.6 Å². The van der Waals surface area contributed by atoms with E-state index in [2.05, 4.69) is 0 Å². The van der Waals surface area contributed by atoms with Crippen LogP contribution in [0.1, 0.15) is 64.2 Å². The van der Waals surface area contributed by atoms with Crippen molar-refractivity contribution >= 4 is 40.9 Å². The van der Waals surface area contributed by atoms with Crippen LogP contribution in [0.15, 0.2) is 18.2 Å². The van der Waals surface area contributed by atoms with Crippen LogP contribution in [0.2, 0.25) is 10.0 Å². The number of aliphatic hydroxyl groups excluding tert-OH is 1. The van der Waals surface area contributed by atoms with Crippen molar-refractivity contribution in [1.82, 2.24) is 4.90 Å². The number of carbonyl (C=O) groups is 1. The minimum absolute atomic E-state index is 0.0418. The predicted molar refractivity (Wildman–Crippen MR) is 119 cm³/mol. The summed E-state index contributed by atoms with van der Waals surface area (Å²) in [7, 11) is 0. The number of amides is 1. The van der Waals surface area contributed by atoms with E-state index in [0.29, 0.717) is 21.7 Å². The van der Waals surface area contributed by atoms with Gasteiger partial charge in [-0.1, -0.05) is 61.7 Å². The van der Waals surface area contributed by atoms with Crippen LogP contribution in [0.4, 0.5) is 0 Å². The molecule has 2 atom stereocenters. The van der Waals surface area contributed by atoms with Crippen LogP contribution in [0, 0.1) is 5.92 Å². The zero-order valence-corrected chi connectivity index (χ0v) is 18.9. The van der Waals surface area contributed by atoms with E-state index in [9.17, 15) is 9.90 Å². The fraction of sp³-hybridized carbons (Fsp3) is 0.682. The van der Waals surface area contributed by atoms with Crippen molar-refractivity contribution in [3.8, 4) is 5.75 Å². The molecule has 1 aromatic carbocycles. The lowest BCUT2D eigenvalue weighted by atomic mass is 9.85. The molecular weight excluding hydrogens is 429 g/mol. The zero-order chi connectivity index (χ0) is 20.4. The monoisotopic (exact) mass is 457 g/mol. The Hall–Kier alpha value is -0.620. The molecule has 1 saturated heterocycles. The quantitative estimate of drug-likeness (QED) is 0.613. The molecule has 1 N–H and O–H groups in total. The second kappa shape index (κ2) is 9.25. The number of aliphatic hydroxyl groups is 1. The second-order valence-electron chi connectivity index (χ2n) is 8.57. The van der Waals surface area contributed by atoms with Crippen LogP contribution < -0.4 is 4.74 Å². The number of benzene rings is 1. The highest BCUT2D eigenvalue weighted by Crippen LogP contribution is 2.55. The SMILES string of the molecule is O=C(COc1ccc(Cl)cc1Cl)N1C(C2CCCCC2)SC2(CCCCC2)C1O. The molecule has 0 radical (unpaired) electrons. The number of hydrogen-bond donors (Lipinski definition) is 1. The van der Waals surface area contributed by atoms with Crippen molar-refractivity contribution in [2.24, 2.45) is 5.92 Å². The van der Waals surface area contributed by atoms with Crippen LogP contribution >= 0.6 is 35.0 Å². The Morgan fingerprint density at radius 2 is 1.83 bits per heavy atom. The minimum Gasteiger partial charge on any atom is -0.482 e. The highest BCUT2D eigenvalue weighted by molar-refractivity contribution is 8.01. The number of halogens is 2. The third-order valence-corrected chi connectivity index (χ3v) is 9.12. The molecule has 1 aromatic rings. The molecule has 29 heavy (non-hydrogen) atoms. The normalized spacial score (nSPS) is 27.3. The van der Waals surface area contributed by atoms with Gasteiger partial charge in [0.2, 0.25) is 0 Å². The van der Waals surface area contributed by atoms with E-state index >= 15 is 0 Å². The number of rotatable bonds is 4. The first-order valence-electron chi connectivity index (χ1n) is 10.8. The molecule has 7 heteroatoms. The summed E-state index contributed by atoms with van der Waals surface area (Å²) in [5, 5.41) is 12.3. The first-order valence-corrected chi connectivity index (χ1v) is 12.4. The van der Waals surface area contributed by atoms with Gasteiger partial charge in [-0.2, -0.15) is 0 Å². The van der Waals surface area contributed by atoms with Crippen LogP contribution in [-0.2, 0) is 4.79 Å². The number of thioether (sulfide) groups is 1. The molecule has 3 aliphatic rings. The zero-order valence-electron chi connectivity index (χ0n) is 16.6. The molecule has 3 fully saturated rings. The smallest absolute Gasteiger partial charge is 0.263 e. The van der Waals surface area contributed by atoms with Crippen molar-refractivity contribution in [3.63, 3.8) is 0 Å². The number of hydrogen-bond acceptors (Lipinski definition) is 4. The number of nitrogens with zero attached hydrogens (tertiary/aromatic N) is 1. The van der Waals surface area contributed by atoms with E-state index in [1.807, 2.05) is 11.8 Å². The number of ether oxygens (including phenoxy) is 1. The van der Waals surface area contributed by atoms with E-state index < -0.39 is 6.23 Å². The van der Waals surface area contributed by atoms with Crippen molar-refractivity contribution in [1.29, 1.82) is 0 Å². The lowest BCUT2D eigenvalue weighted by Gasteiger charge is -2.36. The van der Waals surface area contributed by atoms with Gasteiger partial charge < -0.3 is 14.7 Å². The molecule has 4 nitrogen and oxygen atoms in total. The molecule has 4 rings (SSSR count). The molecule has 1 heterocycles. The standard InChI is InChI=1S/C22H29Cl2NO3S/c23-16-9-10-18(17(24)13-16)28-14-19(26)25-20(15-7-3-1-4-8-15)29-22(21(25)27)11-5-2-6-12-22/h9-10,13,15,20-21,27H,1-8,11-12,14H2. The van der Waals surface area contributed by atoms with Gasteiger partial charge in [-0.3, -0.25) is 4.79 Å². The van der Waals surface area contributed by atoms with E-state index in [1.54, 1.807) is 23.1 Å². The Morgan fingerprint density at radius 1 is 1.14 bits per heavy atom. The van der Waals surface area contributed by atoms with Crippen LogP contribution in [-0.4, -0.2) is 38.9 Å². The van der Waals surface area contributed by atoms with Crippen molar-refractivity contribution in [2.75, 3.05) is 6.61 Å². The molecule has 1 aliphatic heterocycles. The van der Waals surface area contributed by atoms with E-state index in [1.165, 1.54) is 25.7 Å². The summed E-state index contributed by atoms with van der Waals surface area (Å²) in [6, 6.07) is 4.97. The maximum Gasteiger partial charge on any atom is 0.263 e. The maximum absolute atomic E-state index is 13.2. The summed E-state index contributed by atoms with van der Waals surface area (Å²) < 4.78 is 5.51. The fourth-order valence-corrected chi connectivity index (χ4v) is 7.62. The number of carbonyl (C=O) groups excluding carboxylic acids is 1. The summed E-state index contributed by atoms with van der Waals surface area (Å²) in [6.45, 7) is -0.127. The van der Waals surface area contributed by atoms with Gasteiger partial charge in [-0.05, 0) is 49.8 Å². The summed E-state index contributed by atoms with van der Waals surface area (Å²) in [5.41, 5.74) is 0. The predicted octanol–water partition coefficient (Wildman–Crippen LogP) is 5.88. The van der Waals surface area contributed by atoms with E-state index in [4.69, 9.17) is 27.9 Å². The Balaban J connectivity index is 1.51. The molecule has 0 bridgehead atoms. The summed E-state index contributed by atoms with van der Waals surface area (Å²) in [5.74, 6) is 0.731. The average Bonchev–Trinajstić information content (AvgIpc) is 3.00. The molecule has 160 valence electrons. The lowest BCUT2D eigenvalue weighted by Crippen LogP contribution is -2.51. The fourth-order valence-electron chi connectivity index (χ4n) is 5.10. The van der Waals surface area contributed by atoms with Gasteiger partial charge in [0.05, 0.1) is 15.1 Å². The molecule has 2 aliphatic carbocycles. The first kappa shape index (κ1) is 21.6. The summed E-state index contributed by atoms with van der Waals surface area (Å²) in [4.78, 5) is 15.0. The van der Waals surface area contributed by atoms with Crippen LogP contribution in [0.5, 0.6) is 5.75 Å². The molecule has 2 unspecified atom stereocenters.